The smallest absolute Gasteiger partial charge is 0.172 e. The monoisotopic (exact) mass is 233 g/mol. The van der Waals surface area contributed by atoms with Gasteiger partial charge in [0, 0.05) is 6.54 Å². The van der Waals surface area contributed by atoms with Gasteiger partial charge in [-0.25, -0.2) is 4.68 Å². The highest BCUT2D eigenvalue weighted by Gasteiger charge is 2.26. The van der Waals surface area contributed by atoms with Crippen molar-refractivity contribution in [3.05, 3.63) is 11.4 Å². The maximum atomic E-state index is 10.9. The molecule has 0 atom stereocenters. The van der Waals surface area contributed by atoms with E-state index in [9.17, 15) is 4.79 Å². The molecule has 1 aromatic rings. The van der Waals surface area contributed by atoms with Gasteiger partial charge in [0.2, 0.25) is 0 Å². The van der Waals surface area contributed by atoms with Crippen molar-refractivity contribution >= 4 is 6.29 Å². The highest BCUT2D eigenvalue weighted by atomic mass is 16.1. The van der Waals surface area contributed by atoms with E-state index in [1.165, 1.54) is 38.5 Å². The van der Waals surface area contributed by atoms with Gasteiger partial charge in [-0.05, 0) is 37.5 Å². The number of aromatic nitrogens is 3. The van der Waals surface area contributed by atoms with Crippen molar-refractivity contribution in [2.24, 2.45) is 11.8 Å². The van der Waals surface area contributed by atoms with E-state index in [0.29, 0.717) is 5.69 Å². The molecule has 3 rings (SSSR count). The van der Waals surface area contributed by atoms with Gasteiger partial charge >= 0.3 is 0 Å². The van der Waals surface area contributed by atoms with E-state index < -0.39 is 0 Å². The van der Waals surface area contributed by atoms with Gasteiger partial charge in [0.25, 0.3) is 0 Å². The normalized spacial score (nSPS) is 20.2. The van der Waals surface area contributed by atoms with Gasteiger partial charge in [-0.2, -0.15) is 0 Å². The first-order chi connectivity index (χ1) is 8.36. The molecule has 0 radical (unpaired) electrons. The number of carbonyl (C=O) groups excluding carboxylic acids is 1. The molecular formula is C13H19N3O. The van der Waals surface area contributed by atoms with Gasteiger partial charge in [0.1, 0.15) is 5.69 Å². The molecule has 2 aliphatic rings. The second kappa shape index (κ2) is 4.59. The first-order valence-corrected chi connectivity index (χ1v) is 6.74. The van der Waals surface area contributed by atoms with Crippen LogP contribution in [0.2, 0.25) is 0 Å². The topological polar surface area (TPSA) is 47.8 Å². The fourth-order valence-electron chi connectivity index (χ4n) is 2.51. The molecule has 0 aromatic carbocycles. The van der Waals surface area contributed by atoms with E-state index in [2.05, 4.69) is 10.3 Å². The predicted octanol–water partition coefficient (Wildman–Crippen LogP) is 2.23. The lowest BCUT2D eigenvalue weighted by Gasteiger charge is -2.25. The molecule has 92 valence electrons. The van der Waals surface area contributed by atoms with Crippen LogP contribution in [0.3, 0.4) is 0 Å². The zero-order chi connectivity index (χ0) is 11.7. The number of aldehydes is 1. The molecule has 0 saturated heterocycles. The molecule has 0 amide bonds. The summed E-state index contributed by atoms with van der Waals surface area (Å²) < 4.78 is 1.97. The van der Waals surface area contributed by atoms with Crippen LogP contribution < -0.4 is 0 Å². The Balaban J connectivity index is 1.67. The summed E-state index contributed by atoms with van der Waals surface area (Å²) >= 11 is 0. The lowest BCUT2D eigenvalue weighted by atomic mass is 9.83. The lowest BCUT2D eigenvalue weighted by molar-refractivity contribution is 0.111. The Hall–Kier alpha value is -1.19. The van der Waals surface area contributed by atoms with E-state index in [1.807, 2.05) is 4.68 Å². The summed E-state index contributed by atoms with van der Waals surface area (Å²) in [5, 5.41) is 8.12. The van der Waals surface area contributed by atoms with E-state index in [-0.39, 0.29) is 0 Å². The van der Waals surface area contributed by atoms with Crippen LogP contribution in [0, 0.1) is 11.8 Å². The molecule has 1 heterocycles. The van der Waals surface area contributed by atoms with Gasteiger partial charge in [-0.1, -0.05) is 24.5 Å². The van der Waals surface area contributed by atoms with Crippen molar-refractivity contribution in [2.45, 2.75) is 51.5 Å². The summed E-state index contributed by atoms with van der Waals surface area (Å²) in [6.45, 7) is 0.938. The summed E-state index contributed by atoms with van der Waals surface area (Å²) in [4.78, 5) is 10.9. The first-order valence-electron chi connectivity index (χ1n) is 6.74. The van der Waals surface area contributed by atoms with Crippen LogP contribution in [0.5, 0.6) is 0 Å². The van der Waals surface area contributed by atoms with Crippen molar-refractivity contribution in [2.75, 3.05) is 0 Å². The van der Waals surface area contributed by atoms with E-state index in [4.69, 9.17) is 0 Å². The number of hydrogen-bond donors (Lipinski definition) is 0. The maximum absolute atomic E-state index is 10.9. The summed E-state index contributed by atoms with van der Waals surface area (Å²) in [5.41, 5.74) is 1.63. The van der Waals surface area contributed by atoms with Crippen LogP contribution in [-0.2, 0) is 13.0 Å². The Morgan fingerprint density at radius 3 is 2.65 bits per heavy atom. The Morgan fingerprint density at radius 2 is 2.06 bits per heavy atom. The van der Waals surface area contributed by atoms with Crippen molar-refractivity contribution in [3.63, 3.8) is 0 Å². The molecule has 0 unspecified atom stereocenters. The lowest BCUT2D eigenvalue weighted by Crippen LogP contribution is -2.16. The Labute approximate surface area is 101 Å². The van der Waals surface area contributed by atoms with Gasteiger partial charge in [0.05, 0.1) is 5.69 Å². The van der Waals surface area contributed by atoms with Crippen molar-refractivity contribution in [3.8, 4) is 0 Å². The molecule has 1 aromatic heterocycles. The molecule has 2 fully saturated rings. The van der Waals surface area contributed by atoms with Crippen LogP contribution >= 0.6 is 0 Å². The predicted molar refractivity (Wildman–Crippen MR) is 63.8 cm³/mol. The summed E-state index contributed by atoms with van der Waals surface area (Å²) in [7, 11) is 0. The highest BCUT2D eigenvalue weighted by Crippen LogP contribution is 2.33. The van der Waals surface area contributed by atoms with Gasteiger partial charge in [-0.15, -0.1) is 5.10 Å². The Bertz CT molecular complexity index is 405. The minimum atomic E-state index is 0.561. The molecule has 17 heavy (non-hydrogen) atoms. The molecule has 0 N–H and O–H groups in total. The first kappa shape index (κ1) is 10.9. The third-order valence-corrected chi connectivity index (χ3v) is 4.13. The average Bonchev–Trinajstić information content (AvgIpc) is 2.99. The number of aryl methyl sites for hydroxylation is 1. The Morgan fingerprint density at radius 1 is 1.24 bits per heavy atom. The van der Waals surface area contributed by atoms with Crippen molar-refractivity contribution < 1.29 is 4.79 Å². The Kier molecular flexibility index (Phi) is 2.95. The molecule has 0 bridgehead atoms. The van der Waals surface area contributed by atoms with E-state index in [0.717, 1.165) is 36.8 Å². The molecule has 0 spiro atoms. The number of hydrogen-bond acceptors (Lipinski definition) is 3. The standard InChI is InChI=1S/C13H19N3O/c17-9-12-13(8-11-4-5-11)16(15-14-12)7-6-10-2-1-3-10/h9-11H,1-8H2. The maximum Gasteiger partial charge on any atom is 0.172 e. The summed E-state index contributed by atoms with van der Waals surface area (Å²) in [5.74, 6) is 1.65. The van der Waals surface area contributed by atoms with Crippen LogP contribution in [0.4, 0.5) is 0 Å². The van der Waals surface area contributed by atoms with Gasteiger partial charge < -0.3 is 0 Å². The van der Waals surface area contributed by atoms with Gasteiger partial charge in [0.15, 0.2) is 6.29 Å². The number of rotatable bonds is 6. The molecule has 2 saturated carbocycles. The van der Waals surface area contributed by atoms with Crippen LogP contribution in [0.1, 0.15) is 54.7 Å². The SMILES string of the molecule is O=Cc1nnn(CCC2CCC2)c1CC1CC1. The second-order valence-corrected chi connectivity index (χ2v) is 5.50. The largest absolute Gasteiger partial charge is 0.296 e. The quantitative estimate of drug-likeness (QED) is 0.708. The molecule has 4 heteroatoms. The van der Waals surface area contributed by atoms with Crippen molar-refractivity contribution in [1.29, 1.82) is 0 Å². The molecule has 0 aliphatic heterocycles. The number of nitrogens with zero attached hydrogens (tertiary/aromatic N) is 3. The zero-order valence-corrected chi connectivity index (χ0v) is 10.1. The fourth-order valence-corrected chi connectivity index (χ4v) is 2.51. The second-order valence-electron chi connectivity index (χ2n) is 5.50. The highest BCUT2D eigenvalue weighted by molar-refractivity contribution is 5.73. The average molecular weight is 233 g/mol. The van der Waals surface area contributed by atoms with E-state index >= 15 is 0 Å². The third kappa shape index (κ3) is 2.40. The van der Waals surface area contributed by atoms with E-state index in [1.54, 1.807) is 0 Å². The van der Waals surface area contributed by atoms with Gasteiger partial charge in [-0.3, -0.25) is 4.79 Å². The minimum Gasteiger partial charge on any atom is -0.296 e. The number of carbonyl (C=O) groups is 1. The fraction of sp³-hybridized carbons (Fsp3) is 0.769. The minimum absolute atomic E-state index is 0.561. The molecular weight excluding hydrogens is 214 g/mol. The van der Waals surface area contributed by atoms with Crippen LogP contribution in [0.15, 0.2) is 0 Å². The van der Waals surface area contributed by atoms with Crippen LogP contribution in [-0.4, -0.2) is 21.3 Å². The summed E-state index contributed by atoms with van der Waals surface area (Å²) in [6.07, 6.45) is 9.75. The van der Waals surface area contributed by atoms with Crippen LogP contribution in [0.25, 0.3) is 0 Å². The zero-order valence-electron chi connectivity index (χ0n) is 10.1. The summed E-state index contributed by atoms with van der Waals surface area (Å²) in [6, 6.07) is 0. The van der Waals surface area contributed by atoms with Crippen molar-refractivity contribution in [1.82, 2.24) is 15.0 Å². The molecule has 2 aliphatic carbocycles. The molecule has 4 nitrogen and oxygen atoms in total. The third-order valence-electron chi connectivity index (χ3n) is 4.13.